The van der Waals surface area contributed by atoms with E-state index in [0.717, 1.165) is 12.0 Å². The van der Waals surface area contributed by atoms with Crippen LogP contribution in [0, 0.1) is 5.82 Å². The summed E-state index contributed by atoms with van der Waals surface area (Å²) >= 11 is 3.09. The molecule has 0 radical (unpaired) electrons. The van der Waals surface area contributed by atoms with Gasteiger partial charge in [-0.2, -0.15) is 0 Å². The third kappa shape index (κ3) is 1.23. The molecule has 0 spiro atoms. The summed E-state index contributed by atoms with van der Waals surface area (Å²) in [6.07, 6.45) is 0.792. The smallest absolute Gasteiger partial charge is 0.138 e. The Morgan fingerprint density at radius 2 is 2.25 bits per heavy atom. The van der Waals surface area contributed by atoms with E-state index in [4.69, 9.17) is 0 Å². The fourth-order valence-corrected chi connectivity index (χ4v) is 2.99. The highest BCUT2D eigenvalue weighted by Gasteiger charge is 2.19. The third-order valence-corrected chi connectivity index (χ3v) is 3.96. The quantitative estimate of drug-likeness (QED) is 0.689. The van der Waals surface area contributed by atoms with Crippen LogP contribution in [0.15, 0.2) is 21.5 Å². The lowest BCUT2D eigenvalue weighted by molar-refractivity contribution is 0.615. The molecule has 0 saturated carbocycles. The molecule has 0 fully saturated rings. The zero-order valence-corrected chi connectivity index (χ0v) is 8.54. The predicted octanol–water partition coefficient (Wildman–Crippen LogP) is 2.25. The Morgan fingerprint density at radius 3 is 3.00 bits per heavy atom. The summed E-state index contributed by atoms with van der Waals surface area (Å²) in [5, 5.41) is 0. The molecule has 1 nitrogen and oxygen atoms in total. The zero-order chi connectivity index (χ0) is 8.72. The van der Waals surface area contributed by atoms with Crippen molar-refractivity contribution in [2.45, 2.75) is 11.3 Å². The molecule has 0 aliphatic carbocycles. The molecule has 1 aromatic carbocycles. The highest BCUT2D eigenvalue weighted by atomic mass is 79.9. The van der Waals surface area contributed by atoms with Gasteiger partial charge in [-0.15, -0.1) is 0 Å². The molecule has 2 rings (SSSR count). The van der Waals surface area contributed by atoms with Gasteiger partial charge in [0.25, 0.3) is 0 Å². The predicted molar refractivity (Wildman–Crippen MR) is 49.1 cm³/mol. The molecule has 0 amide bonds. The van der Waals surface area contributed by atoms with Crippen LogP contribution in [0.4, 0.5) is 4.39 Å². The van der Waals surface area contributed by atoms with Crippen LogP contribution in [0.3, 0.4) is 0 Å². The molecule has 12 heavy (non-hydrogen) atoms. The van der Waals surface area contributed by atoms with Crippen molar-refractivity contribution in [1.29, 1.82) is 0 Å². The summed E-state index contributed by atoms with van der Waals surface area (Å²) in [7, 11) is -0.977. The fraction of sp³-hybridized carbons (Fsp3) is 0.250. The molecule has 64 valence electrons. The Bertz CT molecular complexity index is 364. The van der Waals surface area contributed by atoms with Gasteiger partial charge in [-0.1, -0.05) is 0 Å². The molecule has 0 N–H and O–H groups in total. The maximum atomic E-state index is 13.0. The van der Waals surface area contributed by atoms with E-state index < -0.39 is 10.8 Å². The molecule has 4 heteroatoms. The summed E-state index contributed by atoms with van der Waals surface area (Å²) < 4.78 is 24.7. The molecule has 1 heterocycles. The summed E-state index contributed by atoms with van der Waals surface area (Å²) in [6.45, 7) is 0. The molecule has 1 aliphatic heterocycles. The van der Waals surface area contributed by atoms with Crippen molar-refractivity contribution in [2.24, 2.45) is 0 Å². The largest absolute Gasteiger partial charge is 0.254 e. The zero-order valence-electron chi connectivity index (χ0n) is 6.14. The van der Waals surface area contributed by atoms with E-state index in [2.05, 4.69) is 15.9 Å². The maximum Gasteiger partial charge on any atom is 0.138 e. The second-order valence-corrected chi connectivity index (χ2v) is 5.07. The van der Waals surface area contributed by atoms with E-state index >= 15 is 0 Å². The van der Waals surface area contributed by atoms with E-state index in [1.165, 1.54) is 6.07 Å². The van der Waals surface area contributed by atoms with Crippen LogP contribution >= 0.6 is 15.9 Å². The average Bonchev–Trinajstić information content (AvgIpc) is 2.35. The second-order valence-electron chi connectivity index (χ2n) is 2.67. The highest BCUT2D eigenvalue weighted by molar-refractivity contribution is 9.10. The number of benzene rings is 1. The molecule has 1 aromatic rings. The summed E-state index contributed by atoms with van der Waals surface area (Å²) in [5.41, 5.74) is 1.00. The lowest BCUT2D eigenvalue weighted by Crippen LogP contribution is -1.88. The van der Waals surface area contributed by atoms with Crippen molar-refractivity contribution in [3.8, 4) is 0 Å². The number of aryl methyl sites for hydroxylation is 1. The molecular weight excluding hydrogens is 243 g/mol. The van der Waals surface area contributed by atoms with Crippen LogP contribution < -0.4 is 0 Å². The molecule has 0 aromatic heterocycles. The van der Waals surface area contributed by atoms with Gasteiger partial charge in [0.05, 0.1) is 15.3 Å². The minimum absolute atomic E-state index is 0.330. The number of hydrogen-bond donors (Lipinski definition) is 0. The Balaban J connectivity index is 2.63. The van der Waals surface area contributed by atoms with Crippen molar-refractivity contribution < 1.29 is 8.60 Å². The van der Waals surface area contributed by atoms with Gasteiger partial charge in [0.1, 0.15) is 5.82 Å². The Kier molecular flexibility index (Phi) is 2.04. The lowest BCUT2D eigenvalue weighted by atomic mass is 10.2. The van der Waals surface area contributed by atoms with Crippen molar-refractivity contribution in [1.82, 2.24) is 0 Å². The Morgan fingerprint density at radius 1 is 1.50 bits per heavy atom. The van der Waals surface area contributed by atoms with Gasteiger partial charge in [0.15, 0.2) is 0 Å². The highest BCUT2D eigenvalue weighted by Crippen LogP contribution is 2.28. The first kappa shape index (κ1) is 8.38. The van der Waals surface area contributed by atoms with Gasteiger partial charge in [-0.05, 0) is 40.0 Å². The van der Waals surface area contributed by atoms with Gasteiger partial charge in [0.2, 0.25) is 0 Å². The van der Waals surface area contributed by atoms with Crippen molar-refractivity contribution >= 4 is 26.7 Å². The molecule has 0 bridgehead atoms. The van der Waals surface area contributed by atoms with Gasteiger partial charge in [-0.25, -0.2) is 4.39 Å². The van der Waals surface area contributed by atoms with Gasteiger partial charge >= 0.3 is 0 Å². The van der Waals surface area contributed by atoms with E-state index in [-0.39, 0.29) is 5.82 Å². The van der Waals surface area contributed by atoms with Crippen LogP contribution in [0.25, 0.3) is 0 Å². The fourth-order valence-electron chi connectivity index (χ4n) is 1.29. The van der Waals surface area contributed by atoms with Gasteiger partial charge in [0, 0.05) is 10.6 Å². The third-order valence-electron chi connectivity index (χ3n) is 1.91. The Hall–Kier alpha value is -0.220. The summed E-state index contributed by atoms with van der Waals surface area (Å²) in [4.78, 5) is 0.663. The van der Waals surface area contributed by atoms with Crippen LogP contribution in [0.1, 0.15) is 5.56 Å². The first-order valence-electron chi connectivity index (χ1n) is 3.55. The van der Waals surface area contributed by atoms with Crippen molar-refractivity contribution in [2.75, 3.05) is 5.75 Å². The summed E-state index contributed by atoms with van der Waals surface area (Å²) in [6, 6.07) is 3.08. The molecule has 1 unspecified atom stereocenters. The SMILES string of the molecule is O=S1CCc2cc(Br)c(F)cc21. The molecule has 1 aliphatic rings. The standard InChI is InChI=1S/C8H6BrFOS/c9-6-3-5-1-2-12(11)8(5)4-7(6)10/h3-4H,1-2H2. The number of rotatable bonds is 0. The number of halogens is 2. The van der Waals surface area contributed by atoms with E-state index in [0.29, 0.717) is 15.1 Å². The topological polar surface area (TPSA) is 17.1 Å². The van der Waals surface area contributed by atoms with Crippen LogP contribution in [-0.4, -0.2) is 9.96 Å². The molecule has 1 atom stereocenters. The summed E-state index contributed by atoms with van der Waals surface area (Å²) in [5.74, 6) is 0.301. The molecular formula is C8H6BrFOS. The van der Waals surface area contributed by atoms with Crippen LogP contribution in [0.5, 0.6) is 0 Å². The monoisotopic (exact) mass is 248 g/mol. The minimum Gasteiger partial charge on any atom is -0.254 e. The minimum atomic E-state index is -0.977. The van der Waals surface area contributed by atoms with Crippen molar-refractivity contribution in [3.63, 3.8) is 0 Å². The van der Waals surface area contributed by atoms with Gasteiger partial charge < -0.3 is 0 Å². The van der Waals surface area contributed by atoms with E-state index in [9.17, 15) is 8.60 Å². The van der Waals surface area contributed by atoms with E-state index in [1.54, 1.807) is 6.07 Å². The van der Waals surface area contributed by atoms with E-state index in [1.807, 2.05) is 0 Å². The number of fused-ring (bicyclic) bond motifs is 1. The first-order valence-corrected chi connectivity index (χ1v) is 5.66. The van der Waals surface area contributed by atoms with Crippen LogP contribution in [-0.2, 0) is 17.2 Å². The maximum absolute atomic E-state index is 13.0. The second kappa shape index (κ2) is 2.92. The van der Waals surface area contributed by atoms with Gasteiger partial charge in [-0.3, -0.25) is 4.21 Å². The van der Waals surface area contributed by atoms with Crippen molar-refractivity contribution in [3.05, 3.63) is 28.0 Å². The van der Waals surface area contributed by atoms with Crippen LogP contribution in [0.2, 0.25) is 0 Å². The number of hydrogen-bond acceptors (Lipinski definition) is 1. The Labute approximate surface area is 80.6 Å². The molecule has 0 saturated heterocycles. The first-order chi connectivity index (χ1) is 5.68. The average molecular weight is 249 g/mol. The normalized spacial score (nSPS) is 21.0. The lowest BCUT2D eigenvalue weighted by Gasteiger charge is -1.99.